The second-order valence-corrected chi connectivity index (χ2v) is 8.71. The second kappa shape index (κ2) is 8.88. The minimum absolute atomic E-state index is 0.000725. The van der Waals surface area contributed by atoms with E-state index in [1.165, 1.54) is 12.7 Å². The fourth-order valence-corrected chi connectivity index (χ4v) is 3.80. The zero-order chi connectivity index (χ0) is 22.6. The van der Waals surface area contributed by atoms with Crippen LogP contribution in [0.5, 0.6) is 5.75 Å². The van der Waals surface area contributed by atoms with Crippen LogP contribution in [0, 0.1) is 0 Å². The summed E-state index contributed by atoms with van der Waals surface area (Å²) in [5.74, 6) is 0.781. The van der Waals surface area contributed by atoms with E-state index in [0.29, 0.717) is 13.0 Å². The Balaban J connectivity index is 1.92. The van der Waals surface area contributed by atoms with E-state index in [9.17, 15) is 9.59 Å². The van der Waals surface area contributed by atoms with E-state index in [2.05, 4.69) is 31.4 Å². The lowest BCUT2D eigenvalue weighted by molar-refractivity contribution is 0.105. The van der Waals surface area contributed by atoms with Gasteiger partial charge in [0.15, 0.2) is 5.66 Å². The third kappa shape index (κ3) is 4.76. The van der Waals surface area contributed by atoms with Crippen molar-refractivity contribution in [2.75, 3.05) is 27.3 Å². The summed E-state index contributed by atoms with van der Waals surface area (Å²) in [4.78, 5) is 26.7. The van der Waals surface area contributed by atoms with Gasteiger partial charge in [-0.25, -0.2) is 9.59 Å². The lowest BCUT2D eigenvalue weighted by Crippen LogP contribution is -2.57. The zero-order valence-corrected chi connectivity index (χ0v) is 18.8. The van der Waals surface area contributed by atoms with Gasteiger partial charge in [0, 0.05) is 6.54 Å². The number of hydrogen-bond acceptors (Lipinski definition) is 4. The van der Waals surface area contributed by atoms with Gasteiger partial charge in [-0.3, -0.25) is 10.2 Å². The third-order valence-electron chi connectivity index (χ3n) is 5.71. The highest BCUT2D eigenvalue weighted by atomic mass is 16.5. The molecular weight excluding hydrogens is 394 g/mol. The number of hydrogen-bond donors (Lipinski definition) is 2. The number of urea groups is 1. The molecule has 3 rings (SSSR count). The van der Waals surface area contributed by atoms with Crippen LogP contribution in [0.2, 0.25) is 0 Å². The molecule has 0 radical (unpaired) electrons. The van der Waals surface area contributed by atoms with Gasteiger partial charge in [0.2, 0.25) is 0 Å². The van der Waals surface area contributed by atoms with Gasteiger partial charge in [-0.15, -0.1) is 0 Å². The highest BCUT2D eigenvalue weighted by Gasteiger charge is 2.48. The molecule has 0 bridgehead atoms. The molecule has 1 saturated heterocycles. The molecule has 1 heterocycles. The van der Waals surface area contributed by atoms with Gasteiger partial charge in [-0.05, 0) is 40.7 Å². The average Bonchev–Trinajstić information content (AvgIpc) is 3.08. The number of benzene rings is 2. The van der Waals surface area contributed by atoms with Gasteiger partial charge in [-0.2, -0.15) is 0 Å². The first-order chi connectivity index (χ1) is 14.7. The van der Waals surface area contributed by atoms with Crippen LogP contribution in [0.3, 0.4) is 0 Å². The second-order valence-electron chi connectivity index (χ2n) is 8.71. The first-order valence-electron chi connectivity index (χ1n) is 10.3. The predicted molar refractivity (Wildman–Crippen MR) is 119 cm³/mol. The molecule has 7 heteroatoms. The largest absolute Gasteiger partial charge is 0.497 e. The summed E-state index contributed by atoms with van der Waals surface area (Å²) in [5.41, 5.74) is 2.02. The van der Waals surface area contributed by atoms with Crippen LogP contribution in [0.4, 0.5) is 9.59 Å². The first-order valence-corrected chi connectivity index (χ1v) is 10.3. The molecule has 0 saturated carbocycles. The zero-order valence-electron chi connectivity index (χ0n) is 18.8. The minimum Gasteiger partial charge on any atom is -0.497 e. The van der Waals surface area contributed by atoms with Crippen molar-refractivity contribution in [2.45, 2.75) is 38.3 Å². The Morgan fingerprint density at radius 3 is 2.29 bits per heavy atom. The maximum atomic E-state index is 12.8. The molecule has 0 aromatic heterocycles. The van der Waals surface area contributed by atoms with Crippen LogP contribution in [0.15, 0.2) is 48.5 Å². The number of ether oxygens (including phenoxy) is 2. The number of carbonyl (C=O) groups excluding carboxylic acids is 2. The smallest absolute Gasteiger partial charge is 0.409 e. The molecule has 3 amide bonds. The number of nitrogens with one attached hydrogen (secondary N) is 2. The highest BCUT2D eigenvalue weighted by molar-refractivity contribution is 5.80. The van der Waals surface area contributed by atoms with Crippen molar-refractivity contribution in [2.24, 2.45) is 0 Å². The van der Waals surface area contributed by atoms with Crippen molar-refractivity contribution in [1.29, 1.82) is 0 Å². The van der Waals surface area contributed by atoms with Crippen molar-refractivity contribution < 1.29 is 19.1 Å². The summed E-state index contributed by atoms with van der Waals surface area (Å²) in [7, 11) is 2.94. The molecule has 2 aromatic rings. The SMILES string of the molecule is COC(=O)NC1(c2ccc(C(C)(C)C)cc2)CNC(=O)N1CCc1ccc(OC)cc1. The van der Waals surface area contributed by atoms with Crippen molar-refractivity contribution in [3.63, 3.8) is 0 Å². The molecule has 31 heavy (non-hydrogen) atoms. The van der Waals surface area contributed by atoms with Crippen LogP contribution in [0.25, 0.3) is 0 Å². The molecule has 7 nitrogen and oxygen atoms in total. The van der Waals surface area contributed by atoms with Gasteiger partial charge in [-0.1, -0.05) is 57.2 Å². The molecule has 0 aliphatic carbocycles. The van der Waals surface area contributed by atoms with Crippen LogP contribution in [0.1, 0.15) is 37.5 Å². The number of methoxy groups -OCH3 is 2. The van der Waals surface area contributed by atoms with E-state index in [0.717, 1.165) is 16.9 Å². The number of alkyl carbamates (subject to hydrolysis) is 1. The van der Waals surface area contributed by atoms with Crippen molar-refractivity contribution in [3.8, 4) is 5.75 Å². The number of amides is 3. The van der Waals surface area contributed by atoms with Gasteiger partial charge >= 0.3 is 12.1 Å². The maximum Gasteiger partial charge on any atom is 0.409 e. The number of rotatable bonds is 6. The van der Waals surface area contributed by atoms with Crippen molar-refractivity contribution in [3.05, 3.63) is 65.2 Å². The topological polar surface area (TPSA) is 79.9 Å². The van der Waals surface area contributed by atoms with E-state index in [4.69, 9.17) is 9.47 Å². The Labute approximate surface area is 183 Å². The molecule has 1 fully saturated rings. The summed E-state index contributed by atoms with van der Waals surface area (Å²) >= 11 is 0. The van der Waals surface area contributed by atoms with E-state index >= 15 is 0 Å². The van der Waals surface area contributed by atoms with Crippen molar-refractivity contribution in [1.82, 2.24) is 15.5 Å². The number of nitrogens with zero attached hydrogens (tertiary/aromatic N) is 1. The molecule has 166 valence electrons. The first kappa shape index (κ1) is 22.5. The van der Waals surface area contributed by atoms with Crippen LogP contribution in [-0.4, -0.2) is 44.3 Å². The van der Waals surface area contributed by atoms with Gasteiger partial charge in [0.05, 0.1) is 20.8 Å². The van der Waals surface area contributed by atoms with Crippen LogP contribution in [-0.2, 0) is 22.2 Å². The predicted octanol–water partition coefficient (Wildman–Crippen LogP) is 3.77. The standard InChI is InChI=1S/C24H31N3O4/c1-23(2,3)18-8-10-19(11-9-18)24(26-22(29)31-5)16-25-21(28)27(24)15-14-17-6-12-20(30-4)13-7-17/h6-13H,14-16H2,1-5H3,(H,25,28)(H,26,29). The molecule has 2 aromatic carbocycles. The lowest BCUT2D eigenvalue weighted by Gasteiger charge is -2.38. The molecule has 2 N–H and O–H groups in total. The minimum atomic E-state index is -1.03. The number of carbonyl (C=O) groups is 2. The monoisotopic (exact) mass is 425 g/mol. The van der Waals surface area contributed by atoms with E-state index in [1.54, 1.807) is 12.0 Å². The quantitative estimate of drug-likeness (QED) is 0.738. The Hall–Kier alpha value is -3.22. The van der Waals surface area contributed by atoms with Crippen LogP contribution < -0.4 is 15.4 Å². The molecule has 0 spiro atoms. The molecule has 1 unspecified atom stereocenters. The molecule has 1 aliphatic rings. The fraction of sp³-hybridized carbons (Fsp3) is 0.417. The Morgan fingerprint density at radius 1 is 1.10 bits per heavy atom. The van der Waals surface area contributed by atoms with Gasteiger partial charge < -0.3 is 14.8 Å². The molecular formula is C24H31N3O4. The van der Waals surface area contributed by atoms with Gasteiger partial charge in [0.25, 0.3) is 0 Å². The normalized spacial score (nSPS) is 18.5. The Bertz CT molecular complexity index is 919. The summed E-state index contributed by atoms with van der Waals surface area (Å²) < 4.78 is 10.1. The molecule has 1 atom stereocenters. The summed E-state index contributed by atoms with van der Waals surface area (Å²) in [6.45, 7) is 7.10. The maximum absolute atomic E-state index is 12.8. The summed E-state index contributed by atoms with van der Waals surface area (Å²) in [6.07, 6.45) is 0.0353. The Morgan fingerprint density at radius 2 is 1.74 bits per heavy atom. The summed E-state index contributed by atoms with van der Waals surface area (Å²) in [6, 6.07) is 15.5. The van der Waals surface area contributed by atoms with E-state index in [-0.39, 0.29) is 18.0 Å². The molecule has 1 aliphatic heterocycles. The van der Waals surface area contributed by atoms with E-state index < -0.39 is 11.8 Å². The van der Waals surface area contributed by atoms with Gasteiger partial charge in [0.1, 0.15) is 5.75 Å². The van der Waals surface area contributed by atoms with Crippen molar-refractivity contribution >= 4 is 12.1 Å². The average molecular weight is 426 g/mol. The third-order valence-corrected chi connectivity index (χ3v) is 5.71. The highest BCUT2D eigenvalue weighted by Crippen LogP contribution is 2.32. The van der Waals surface area contributed by atoms with E-state index in [1.807, 2.05) is 48.5 Å². The van der Waals surface area contributed by atoms with Crippen LogP contribution >= 0.6 is 0 Å². The lowest BCUT2D eigenvalue weighted by atomic mass is 9.85. The fourth-order valence-electron chi connectivity index (χ4n) is 3.80. The summed E-state index contributed by atoms with van der Waals surface area (Å²) in [5, 5.41) is 5.80. The Kier molecular flexibility index (Phi) is 6.43.